The number of halogens is 1. The van der Waals surface area contributed by atoms with Crippen molar-refractivity contribution >= 4 is 30.1 Å². The van der Waals surface area contributed by atoms with Gasteiger partial charge in [0, 0.05) is 23.7 Å². The number of nitrogens with one attached hydrogen (secondary N) is 1. The minimum Gasteiger partial charge on any atom is -0.342 e. The van der Waals surface area contributed by atoms with Crippen LogP contribution in [-0.2, 0) is 4.79 Å². The predicted molar refractivity (Wildman–Crippen MR) is 85.8 cm³/mol. The summed E-state index contributed by atoms with van der Waals surface area (Å²) >= 11 is 1.81. The van der Waals surface area contributed by atoms with Crippen molar-refractivity contribution in [2.75, 3.05) is 32.4 Å². The van der Waals surface area contributed by atoms with E-state index >= 15 is 0 Å². The summed E-state index contributed by atoms with van der Waals surface area (Å²) in [5.74, 6) is 1.94. The molecular formula is C15H21ClN2OS. The monoisotopic (exact) mass is 312 g/mol. The summed E-state index contributed by atoms with van der Waals surface area (Å²) in [5, 5.41) is 3.21. The average molecular weight is 313 g/mol. The topological polar surface area (TPSA) is 32.3 Å². The Labute approximate surface area is 130 Å². The van der Waals surface area contributed by atoms with E-state index in [1.54, 1.807) is 0 Å². The van der Waals surface area contributed by atoms with Gasteiger partial charge in [-0.15, -0.1) is 24.2 Å². The van der Waals surface area contributed by atoms with Gasteiger partial charge in [0.2, 0.25) is 5.91 Å². The second-order valence-electron chi connectivity index (χ2n) is 5.40. The van der Waals surface area contributed by atoms with Gasteiger partial charge in [-0.05, 0) is 37.6 Å². The molecule has 3 rings (SSSR count). The summed E-state index contributed by atoms with van der Waals surface area (Å²) < 4.78 is 0. The first-order valence-corrected chi connectivity index (χ1v) is 7.93. The highest BCUT2D eigenvalue weighted by Crippen LogP contribution is 2.40. The molecule has 1 aromatic rings. The number of carbonyl (C=O) groups excluding carboxylic acids is 1. The van der Waals surface area contributed by atoms with Crippen molar-refractivity contribution < 1.29 is 4.79 Å². The van der Waals surface area contributed by atoms with Crippen molar-refractivity contribution in [2.24, 2.45) is 5.92 Å². The second kappa shape index (κ2) is 6.83. The Kier molecular flexibility index (Phi) is 5.35. The number of carbonyl (C=O) groups is 1. The molecule has 3 nitrogen and oxygen atoms in total. The Bertz CT molecular complexity index is 483. The maximum atomic E-state index is 12.7. The molecule has 110 valence electrons. The minimum absolute atomic E-state index is 0. The molecule has 2 atom stereocenters. The Morgan fingerprint density at radius 1 is 1.45 bits per heavy atom. The van der Waals surface area contributed by atoms with Gasteiger partial charge in [0.15, 0.2) is 0 Å². The molecule has 1 fully saturated rings. The fourth-order valence-corrected chi connectivity index (χ4v) is 4.30. The zero-order valence-corrected chi connectivity index (χ0v) is 13.3. The summed E-state index contributed by atoms with van der Waals surface area (Å²) in [5.41, 5.74) is 1.23. The number of nitrogens with zero attached hydrogens (tertiary/aromatic N) is 1. The molecule has 2 aliphatic heterocycles. The number of rotatable bonds is 3. The number of thioether (sulfide) groups is 1. The van der Waals surface area contributed by atoms with E-state index in [-0.39, 0.29) is 18.3 Å². The largest absolute Gasteiger partial charge is 0.342 e. The van der Waals surface area contributed by atoms with Gasteiger partial charge in [-0.3, -0.25) is 4.79 Å². The molecule has 1 N–H and O–H groups in total. The Balaban J connectivity index is 0.00000147. The van der Waals surface area contributed by atoms with Gasteiger partial charge < -0.3 is 10.2 Å². The van der Waals surface area contributed by atoms with Gasteiger partial charge in [0.05, 0.1) is 5.92 Å². The highest BCUT2D eigenvalue weighted by Gasteiger charge is 2.35. The number of likely N-dealkylation sites (tertiary alicyclic amines) is 1. The second-order valence-corrected chi connectivity index (χ2v) is 6.46. The Morgan fingerprint density at radius 3 is 3.05 bits per heavy atom. The quantitative estimate of drug-likeness (QED) is 0.930. The van der Waals surface area contributed by atoms with Gasteiger partial charge in [-0.2, -0.15) is 0 Å². The van der Waals surface area contributed by atoms with Crippen molar-refractivity contribution in [3.8, 4) is 0 Å². The fraction of sp³-hybridized carbons (Fsp3) is 0.533. The van der Waals surface area contributed by atoms with Gasteiger partial charge in [-0.1, -0.05) is 18.2 Å². The van der Waals surface area contributed by atoms with E-state index < -0.39 is 0 Å². The van der Waals surface area contributed by atoms with Crippen molar-refractivity contribution in [1.82, 2.24) is 10.2 Å². The van der Waals surface area contributed by atoms with Gasteiger partial charge in [0.1, 0.15) is 0 Å². The highest BCUT2D eigenvalue weighted by atomic mass is 35.5. The van der Waals surface area contributed by atoms with E-state index in [9.17, 15) is 4.79 Å². The summed E-state index contributed by atoms with van der Waals surface area (Å²) in [6.45, 7) is 2.86. The lowest BCUT2D eigenvalue weighted by Crippen LogP contribution is -2.34. The zero-order chi connectivity index (χ0) is 13.2. The van der Waals surface area contributed by atoms with Crippen LogP contribution < -0.4 is 5.32 Å². The Morgan fingerprint density at radius 2 is 2.25 bits per heavy atom. The van der Waals surface area contributed by atoms with Crippen molar-refractivity contribution in [3.05, 3.63) is 29.8 Å². The summed E-state index contributed by atoms with van der Waals surface area (Å²) in [7, 11) is 1.98. The molecule has 0 aromatic heterocycles. The number of hydrogen-bond acceptors (Lipinski definition) is 3. The van der Waals surface area contributed by atoms with E-state index in [0.717, 1.165) is 31.8 Å². The average Bonchev–Trinajstić information content (AvgIpc) is 3.05. The molecule has 0 bridgehead atoms. The van der Waals surface area contributed by atoms with Gasteiger partial charge in [0.25, 0.3) is 0 Å². The van der Waals surface area contributed by atoms with Crippen molar-refractivity contribution in [2.45, 2.75) is 17.2 Å². The third-order valence-corrected chi connectivity index (χ3v) is 5.27. The Hall–Kier alpha value is -0.710. The predicted octanol–water partition coefficient (Wildman–Crippen LogP) is 2.37. The summed E-state index contributed by atoms with van der Waals surface area (Å²) in [6.07, 6.45) is 1.13. The third-order valence-electron chi connectivity index (χ3n) is 4.09. The number of fused-ring (bicyclic) bond motifs is 1. The molecule has 1 amide bonds. The smallest absolute Gasteiger partial charge is 0.231 e. The molecule has 0 radical (unpaired) electrons. The summed E-state index contributed by atoms with van der Waals surface area (Å²) in [6, 6.07) is 8.33. The molecule has 0 aliphatic carbocycles. The lowest BCUT2D eigenvalue weighted by Gasteiger charge is -2.21. The first-order chi connectivity index (χ1) is 9.29. The van der Waals surface area contributed by atoms with Crippen LogP contribution >= 0.6 is 24.2 Å². The third kappa shape index (κ3) is 2.97. The van der Waals surface area contributed by atoms with Crippen LogP contribution in [-0.4, -0.2) is 43.2 Å². The molecule has 0 spiro atoms. The maximum Gasteiger partial charge on any atom is 0.231 e. The lowest BCUT2D eigenvalue weighted by atomic mass is 10.00. The molecule has 5 heteroatoms. The normalized spacial score (nSPS) is 24.4. The molecule has 1 aromatic carbocycles. The lowest BCUT2D eigenvalue weighted by molar-refractivity contribution is -0.131. The maximum absolute atomic E-state index is 12.7. The van der Waals surface area contributed by atoms with Crippen molar-refractivity contribution in [3.63, 3.8) is 0 Å². The fourth-order valence-electron chi connectivity index (χ4n) is 3.08. The van der Waals surface area contributed by atoms with Gasteiger partial charge in [-0.25, -0.2) is 0 Å². The molecule has 2 unspecified atom stereocenters. The van der Waals surface area contributed by atoms with E-state index in [1.165, 1.54) is 10.5 Å². The molecule has 2 heterocycles. The molecule has 20 heavy (non-hydrogen) atoms. The van der Waals surface area contributed by atoms with Gasteiger partial charge >= 0.3 is 0 Å². The first kappa shape index (κ1) is 15.7. The van der Waals surface area contributed by atoms with Crippen LogP contribution in [0.3, 0.4) is 0 Å². The SMILES string of the molecule is CNCC1CCN(C(=O)C2CSc3ccccc32)C1.Cl. The van der Waals surface area contributed by atoms with Crippen molar-refractivity contribution in [1.29, 1.82) is 0 Å². The van der Waals surface area contributed by atoms with Crippen LogP contribution in [0.1, 0.15) is 17.9 Å². The molecule has 1 saturated heterocycles. The van der Waals surface area contributed by atoms with E-state index in [2.05, 4.69) is 28.4 Å². The van der Waals surface area contributed by atoms with E-state index in [0.29, 0.717) is 11.8 Å². The molecule has 0 saturated carbocycles. The standard InChI is InChI=1S/C15H20N2OS.ClH/c1-16-8-11-6-7-17(9-11)15(18)13-10-19-14-5-3-2-4-12(13)14;/h2-5,11,13,16H,6-10H2,1H3;1H. The zero-order valence-electron chi connectivity index (χ0n) is 11.7. The highest BCUT2D eigenvalue weighted by molar-refractivity contribution is 7.99. The van der Waals surface area contributed by atoms with Crippen LogP contribution in [0.25, 0.3) is 0 Å². The van der Waals surface area contributed by atoms with Crippen LogP contribution in [0, 0.1) is 5.92 Å². The molecule has 2 aliphatic rings. The van der Waals surface area contributed by atoms with Crippen LogP contribution in [0.2, 0.25) is 0 Å². The number of benzene rings is 1. The summed E-state index contributed by atoms with van der Waals surface area (Å²) in [4.78, 5) is 16.0. The van der Waals surface area contributed by atoms with Crippen LogP contribution in [0.15, 0.2) is 29.2 Å². The number of hydrogen-bond donors (Lipinski definition) is 1. The number of amides is 1. The minimum atomic E-state index is 0. The van der Waals surface area contributed by atoms with Crippen LogP contribution in [0.5, 0.6) is 0 Å². The molecular weight excluding hydrogens is 292 g/mol. The first-order valence-electron chi connectivity index (χ1n) is 6.94. The van der Waals surface area contributed by atoms with E-state index in [1.807, 2.05) is 24.9 Å². The van der Waals surface area contributed by atoms with E-state index in [4.69, 9.17) is 0 Å². The van der Waals surface area contributed by atoms with Crippen LogP contribution in [0.4, 0.5) is 0 Å².